The van der Waals surface area contributed by atoms with Gasteiger partial charge in [-0.15, -0.1) is 0 Å². The van der Waals surface area contributed by atoms with Crippen LogP contribution in [0.4, 0.5) is 0 Å². The Kier molecular flexibility index (Phi) is 5.86. The first-order valence-corrected chi connectivity index (χ1v) is 6.49. The maximum atomic E-state index is 11.2. The van der Waals surface area contributed by atoms with Gasteiger partial charge in [-0.1, -0.05) is 29.3 Å². The van der Waals surface area contributed by atoms with Crippen molar-refractivity contribution < 1.29 is 9.53 Å². The monoisotopic (exact) mass is 249 g/mol. The van der Waals surface area contributed by atoms with Gasteiger partial charge in [0.1, 0.15) is 0 Å². The van der Waals surface area contributed by atoms with Crippen molar-refractivity contribution in [2.75, 3.05) is 6.61 Å². The Balaban J connectivity index is 2.44. The third-order valence-corrected chi connectivity index (χ3v) is 2.80. The van der Waals surface area contributed by atoms with E-state index in [1.807, 2.05) is 6.92 Å². The van der Waals surface area contributed by atoms with Crippen molar-refractivity contribution in [3.05, 3.63) is 34.9 Å². The van der Waals surface area contributed by atoms with Crippen LogP contribution in [0.25, 0.3) is 0 Å². The number of rotatable bonds is 6. The fraction of sp³-hybridized carbons (Fsp3) is 0.533. The fourth-order valence-electron chi connectivity index (χ4n) is 2.13. The van der Waals surface area contributed by atoms with Gasteiger partial charge in [0, 0.05) is 12.5 Å². The van der Waals surface area contributed by atoms with Gasteiger partial charge in [-0.05, 0) is 39.2 Å². The normalized spacial score (nSPS) is 12.2. The maximum Gasteiger partial charge on any atom is 0.305 e. The zero-order valence-electron chi connectivity index (χ0n) is 11.5. The smallest absolute Gasteiger partial charge is 0.305 e. The summed E-state index contributed by atoms with van der Waals surface area (Å²) in [6.07, 6.45) is 1.88. The van der Waals surface area contributed by atoms with Crippen LogP contribution in [0.2, 0.25) is 0 Å². The molecule has 1 aromatic rings. The molecular weight excluding hydrogens is 226 g/mol. The van der Waals surface area contributed by atoms with Gasteiger partial charge in [-0.3, -0.25) is 4.79 Å². The van der Waals surface area contributed by atoms with Crippen LogP contribution in [-0.2, 0) is 16.0 Å². The molecule has 0 saturated carbocycles. The molecule has 0 amide bonds. The average Bonchev–Trinajstić information content (AvgIpc) is 2.25. The maximum absolute atomic E-state index is 11.2. The first-order valence-electron chi connectivity index (χ1n) is 6.49. The number of aryl methyl sites for hydroxylation is 2. The zero-order chi connectivity index (χ0) is 13.5. The van der Waals surface area contributed by atoms with Gasteiger partial charge in [-0.2, -0.15) is 0 Å². The lowest BCUT2D eigenvalue weighted by Gasteiger charge is -2.12. The highest BCUT2D eigenvalue weighted by Gasteiger charge is 2.09. The van der Waals surface area contributed by atoms with Crippen molar-refractivity contribution in [3.8, 4) is 0 Å². The van der Waals surface area contributed by atoms with Crippen molar-refractivity contribution in [3.63, 3.8) is 0 Å². The average molecular weight is 249 g/mol. The summed E-state index contributed by atoms with van der Waals surface area (Å²) in [5.41, 5.74) is 9.79. The van der Waals surface area contributed by atoms with Crippen LogP contribution in [0.3, 0.4) is 0 Å². The molecule has 0 spiro atoms. The molecule has 3 nitrogen and oxygen atoms in total. The summed E-state index contributed by atoms with van der Waals surface area (Å²) in [7, 11) is 0. The van der Waals surface area contributed by atoms with Crippen LogP contribution in [0.5, 0.6) is 0 Å². The van der Waals surface area contributed by atoms with Crippen molar-refractivity contribution in [2.24, 2.45) is 5.73 Å². The molecule has 3 heteroatoms. The summed E-state index contributed by atoms with van der Waals surface area (Å²) >= 11 is 0. The molecule has 0 saturated heterocycles. The molecule has 0 aliphatic rings. The van der Waals surface area contributed by atoms with E-state index >= 15 is 0 Å². The van der Waals surface area contributed by atoms with Gasteiger partial charge in [0.05, 0.1) is 6.61 Å². The summed E-state index contributed by atoms with van der Waals surface area (Å²) in [6.45, 7) is 6.42. The molecule has 0 aliphatic carbocycles. The molecule has 18 heavy (non-hydrogen) atoms. The Morgan fingerprint density at radius 2 is 1.89 bits per heavy atom. The number of ether oxygens (including phenoxy) is 1. The lowest BCUT2D eigenvalue weighted by atomic mass is 9.99. The van der Waals surface area contributed by atoms with E-state index in [4.69, 9.17) is 10.5 Å². The van der Waals surface area contributed by atoms with E-state index in [2.05, 4.69) is 32.0 Å². The number of benzene rings is 1. The topological polar surface area (TPSA) is 52.3 Å². The van der Waals surface area contributed by atoms with Gasteiger partial charge in [0.25, 0.3) is 0 Å². The summed E-state index contributed by atoms with van der Waals surface area (Å²) in [4.78, 5) is 11.2. The molecule has 1 aromatic carbocycles. The third kappa shape index (κ3) is 5.32. The first-order chi connectivity index (χ1) is 8.51. The van der Waals surface area contributed by atoms with E-state index < -0.39 is 0 Å². The van der Waals surface area contributed by atoms with Crippen molar-refractivity contribution in [1.82, 2.24) is 0 Å². The summed E-state index contributed by atoms with van der Waals surface area (Å²) in [5.74, 6) is -0.159. The molecule has 2 N–H and O–H groups in total. The van der Waals surface area contributed by atoms with Crippen LogP contribution in [-0.4, -0.2) is 18.6 Å². The lowest BCUT2D eigenvalue weighted by Crippen LogP contribution is -2.24. The molecule has 0 bridgehead atoms. The number of carbonyl (C=O) groups is 1. The minimum absolute atomic E-state index is 0.00982. The number of carbonyl (C=O) groups excluding carboxylic acids is 1. The van der Waals surface area contributed by atoms with E-state index in [9.17, 15) is 4.79 Å². The van der Waals surface area contributed by atoms with Gasteiger partial charge < -0.3 is 10.5 Å². The van der Waals surface area contributed by atoms with Crippen LogP contribution < -0.4 is 5.73 Å². The zero-order valence-corrected chi connectivity index (χ0v) is 11.5. The molecule has 0 radical (unpaired) electrons. The SMILES string of the molecule is CCOC(=O)CCC(N)Cc1cc(C)cc(C)c1. The highest BCUT2D eigenvalue weighted by molar-refractivity contribution is 5.69. The van der Waals surface area contributed by atoms with Crippen molar-refractivity contribution >= 4 is 5.97 Å². The van der Waals surface area contributed by atoms with E-state index in [0.717, 1.165) is 6.42 Å². The van der Waals surface area contributed by atoms with E-state index in [1.54, 1.807) is 0 Å². The predicted molar refractivity (Wildman–Crippen MR) is 73.5 cm³/mol. The van der Waals surface area contributed by atoms with Crippen LogP contribution in [0.1, 0.15) is 36.5 Å². The van der Waals surface area contributed by atoms with Crippen molar-refractivity contribution in [1.29, 1.82) is 0 Å². The van der Waals surface area contributed by atoms with E-state index in [1.165, 1.54) is 16.7 Å². The molecule has 0 fully saturated rings. The summed E-state index contributed by atoms with van der Waals surface area (Å²) < 4.78 is 4.89. The number of hydrogen-bond donors (Lipinski definition) is 1. The fourth-order valence-corrected chi connectivity index (χ4v) is 2.13. The minimum atomic E-state index is -0.159. The second kappa shape index (κ2) is 7.17. The Labute approximate surface area is 109 Å². The predicted octanol–water partition coefficient (Wildman–Crippen LogP) is 2.52. The largest absolute Gasteiger partial charge is 0.466 e. The second-order valence-corrected chi connectivity index (χ2v) is 4.80. The molecule has 0 aliphatic heterocycles. The van der Waals surface area contributed by atoms with Gasteiger partial charge >= 0.3 is 5.97 Å². The molecule has 1 atom stereocenters. The summed E-state index contributed by atoms with van der Waals surface area (Å²) in [6, 6.07) is 6.46. The Hall–Kier alpha value is -1.35. The Morgan fingerprint density at radius 3 is 2.44 bits per heavy atom. The Morgan fingerprint density at radius 1 is 1.28 bits per heavy atom. The molecular formula is C15H23NO2. The second-order valence-electron chi connectivity index (χ2n) is 4.80. The summed E-state index contributed by atoms with van der Waals surface area (Å²) in [5, 5.41) is 0. The Bertz CT molecular complexity index is 381. The van der Waals surface area contributed by atoms with E-state index in [0.29, 0.717) is 19.4 Å². The minimum Gasteiger partial charge on any atom is -0.466 e. The van der Waals surface area contributed by atoms with Crippen molar-refractivity contribution in [2.45, 2.75) is 46.1 Å². The molecule has 1 unspecified atom stereocenters. The standard InChI is InChI=1S/C15H23NO2/c1-4-18-15(17)6-5-14(16)10-13-8-11(2)7-12(3)9-13/h7-9,14H,4-6,10,16H2,1-3H3. The highest BCUT2D eigenvalue weighted by Crippen LogP contribution is 2.12. The number of hydrogen-bond acceptors (Lipinski definition) is 3. The van der Waals surface area contributed by atoms with E-state index in [-0.39, 0.29) is 12.0 Å². The molecule has 0 heterocycles. The molecule has 1 rings (SSSR count). The first kappa shape index (κ1) is 14.7. The van der Waals surface area contributed by atoms with Crippen LogP contribution in [0.15, 0.2) is 18.2 Å². The van der Waals surface area contributed by atoms with Gasteiger partial charge in [0.2, 0.25) is 0 Å². The van der Waals surface area contributed by atoms with Crippen LogP contribution in [0, 0.1) is 13.8 Å². The number of esters is 1. The molecule has 100 valence electrons. The van der Waals surface area contributed by atoms with Gasteiger partial charge in [-0.25, -0.2) is 0 Å². The lowest BCUT2D eigenvalue weighted by molar-refractivity contribution is -0.143. The highest BCUT2D eigenvalue weighted by atomic mass is 16.5. The molecule has 0 aromatic heterocycles. The third-order valence-electron chi connectivity index (χ3n) is 2.80. The van der Waals surface area contributed by atoms with Crippen LogP contribution >= 0.6 is 0 Å². The number of nitrogens with two attached hydrogens (primary N) is 1. The quantitative estimate of drug-likeness (QED) is 0.788. The van der Waals surface area contributed by atoms with Gasteiger partial charge in [0.15, 0.2) is 0 Å².